The van der Waals surface area contributed by atoms with E-state index in [2.05, 4.69) is 10.2 Å². The van der Waals surface area contributed by atoms with E-state index in [4.69, 9.17) is 9.15 Å². The lowest BCUT2D eigenvalue weighted by Crippen LogP contribution is -1.98. The van der Waals surface area contributed by atoms with Gasteiger partial charge in [0.05, 0.1) is 18.9 Å². The summed E-state index contributed by atoms with van der Waals surface area (Å²) in [6.07, 6.45) is 1.64. The quantitative estimate of drug-likeness (QED) is 0.492. The van der Waals surface area contributed by atoms with E-state index in [9.17, 15) is 4.79 Å². The van der Waals surface area contributed by atoms with Crippen molar-refractivity contribution in [3.8, 4) is 17.1 Å². The Bertz CT molecular complexity index is 914. The van der Waals surface area contributed by atoms with Gasteiger partial charge in [-0.1, -0.05) is 11.8 Å². The van der Waals surface area contributed by atoms with Gasteiger partial charge in [-0.05, 0) is 38.1 Å². The van der Waals surface area contributed by atoms with E-state index >= 15 is 0 Å². The summed E-state index contributed by atoms with van der Waals surface area (Å²) in [7, 11) is 3.55. The number of nitrogens with zero attached hydrogens (tertiary/aromatic N) is 3. The van der Waals surface area contributed by atoms with E-state index in [1.807, 2.05) is 36.7 Å². The van der Waals surface area contributed by atoms with Crippen LogP contribution in [0.1, 0.15) is 28.6 Å². The molecule has 0 bridgehead atoms. The number of carbonyl (C=O) groups excluding carboxylic acids is 1. The van der Waals surface area contributed by atoms with Gasteiger partial charge in [0.2, 0.25) is 0 Å². The molecule has 0 aliphatic rings. The average molecular weight is 357 g/mol. The standard InChI is InChI=1S/C18H19N3O3S/c1-11(22)13-5-6-16(23-4)14(9-13)10-25-18-20-19-17(21(18)3)15-7-8-24-12(15)2/h5-9H,10H2,1-4H3. The number of methoxy groups -OCH3 is 1. The third kappa shape index (κ3) is 3.46. The highest BCUT2D eigenvalue weighted by Crippen LogP contribution is 2.30. The molecule has 0 amide bonds. The number of aryl methyl sites for hydroxylation is 1. The predicted octanol–water partition coefficient (Wildman–Crippen LogP) is 3.89. The van der Waals surface area contributed by atoms with E-state index in [0.29, 0.717) is 11.3 Å². The largest absolute Gasteiger partial charge is 0.496 e. The van der Waals surface area contributed by atoms with Crippen molar-refractivity contribution in [2.45, 2.75) is 24.8 Å². The second-order valence-corrected chi connectivity index (χ2v) is 6.57. The molecule has 0 aliphatic heterocycles. The van der Waals surface area contributed by atoms with Crippen LogP contribution in [-0.4, -0.2) is 27.7 Å². The normalized spacial score (nSPS) is 10.9. The summed E-state index contributed by atoms with van der Waals surface area (Å²) in [4.78, 5) is 11.6. The third-order valence-electron chi connectivity index (χ3n) is 3.98. The molecule has 0 spiro atoms. The fraction of sp³-hybridized carbons (Fsp3) is 0.278. The monoisotopic (exact) mass is 357 g/mol. The molecule has 3 rings (SSSR count). The van der Waals surface area contributed by atoms with Crippen LogP contribution in [0.3, 0.4) is 0 Å². The molecule has 0 saturated heterocycles. The first-order chi connectivity index (χ1) is 12.0. The molecular formula is C18H19N3O3S. The Morgan fingerprint density at radius 1 is 1.32 bits per heavy atom. The maximum atomic E-state index is 11.6. The Morgan fingerprint density at radius 2 is 2.12 bits per heavy atom. The Balaban J connectivity index is 1.83. The molecule has 2 heterocycles. The zero-order chi connectivity index (χ0) is 18.0. The zero-order valence-electron chi connectivity index (χ0n) is 14.6. The number of ether oxygens (including phenoxy) is 1. The molecule has 0 atom stereocenters. The van der Waals surface area contributed by atoms with Crippen LogP contribution in [0.25, 0.3) is 11.4 Å². The van der Waals surface area contributed by atoms with Crippen LogP contribution in [0.4, 0.5) is 0 Å². The van der Waals surface area contributed by atoms with Gasteiger partial charge in [0.15, 0.2) is 16.8 Å². The zero-order valence-corrected chi connectivity index (χ0v) is 15.4. The number of ketones is 1. The predicted molar refractivity (Wildman–Crippen MR) is 96.0 cm³/mol. The number of hydrogen-bond acceptors (Lipinski definition) is 6. The van der Waals surface area contributed by atoms with Crippen molar-refractivity contribution in [2.75, 3.05) is 7.11 Å². The van der Waals surface area contributed by atoms with E-state index < -0.39 is 0 Å². The molecule has 25 heavy (non-hydrogen) atoms. The first-order valence-electron chi connectivity index (χ1n) is 7.75. The molecule has 0 fully saturated rings. The van der Waals surface area contributed by atoms with Crippen LogP contribution in [0.2, 0.25) is 0 Å². The van der Waals surface area contributed by atoms with E-state index in [1.165, 1.54) is 0 Å². The van der Waals surface area contributed by atoms with Crippen molar-refractivity contribution < 1.29 is 13.9 Å². The lowest BCUT2D eigenvalue weighted by Gasteiger charge is -2.09. The van der Waals surface area contributed by atoms with Gasteiger partial charge in [0.1, 0.15) is 11.5 Å². The number of hydrogen-bond donors (Lipinski definition) is 0. The highest BCUT2D eigenvalue weighted by molar-refractivity contribution is 7.98. The van der Waals surface area contributed by atoms with Gasteiger partial charge in [-0.15, -0.1) is 10.2 Å². The first-order valence-corrected chi connectivity index (χ1v) is 8.74. The molecule has 2 aromatic heterocycles. The molecule has 0 aliphatic carbocycles. The Hall–Kier alpha value is -2.54. The lowest BCUT2D eigenvalue weighted by molar-refractivity contribution is 0.101. The van der Waals surface area contributed by atoms with Crippen LogP contribution in [0, 0.1) is 6.92 Å². The minimum absolute atomic E-state index is 0.0327. The van der Waals surface area contributed by atoms with Crippen LogP contribution in [0.15, 0.2) is 40.1 Å². The molecule has 1 aromatic carbocycles. The van der Waals surface area contributed by atoms with Crippen molar-refractivity contribution in [1.29, 1.82) is 0 Å². The molecule has 0 unspecified atom stereocenters. The van der Waals surface area contributed by atoms with Gasteiger partial charge in [-0.25, -0.2) is 0 Å². The van der Waals surface area contributed by atoms with Crippen LogP contribution >= 0.6 is 11.8 Å². The number of thioether (sulfide) groups is 1. The minimum atomic E-state index is 0.0327. The summed E-state index contributed by atoms with van der Waals surface area (Å²) in [6.45, 7) is 3.45. The number of benzene rings is 1. The highest BCUT2D eigenvalue weighted by Gasteiger charge is 2.16. The Labute approximate surface area is 150 Å². The summed E-state index contributed by atoms with van der Waals surface area (Å²) in [5.74, 6) is 2.98. The van der Waals surface area contributed by atoms with Crippen LogP contribution in [0.5, 0.6) is 5.75 Å². The second kappa shape index (κ2) is 7.14. The molecule has 7 heteroatoms. The molecule has 6 nitrogen and oxygen atoms in total. The van der Waals surface area contributed by atoms with Gasteiger partial charge in [0, 0.05) is 23.9 Å². The van der Waals surface area contributed by atoms with Crippen molar-refractivity contribution in [1.82, 2.24) is 14.8 Å². The smallest absolute Gasteiger partial charge is 0.191 e. The van der Waals surface area contributed by atoms with Gasteiger partial charge < -0.3 is 13.7 Å². The summed E-state index contributed by atoms with van der Waals surface area (Å²) in [5.41, 5.74) is 2.55. The molecule has 0 radical (unpaired) electrons. The number of carbonyl (C=O) groups is 1. The van der Waals surface area contributed by atoms with Crippen molar-refractivity contribution in [3.63, 3.8) is 0 Å². The van der Waals surface area contributed by atoms with Gasteiger partial charge in [0.25, 0.3) is 0 Å². The lowest BCUT2D eigenvalue weighted by atomic mass is 10.1. The number of furan rings is 1. The fourth-order valence-corrected chi connectivity index (χ4v) is 3.43. The summed E-state index contributed by atoms with van der Waals surface area (Å²) in [6, 6.07) is 7.35. The number of Topliss-reactive ketones (excluding diaryl/α,β-unsaturated/α-hetero) is 1. The maximum absolute atomic E-state index is 11.6. The minimum Gasteiger partial charge on any atom is -0.496 e. The number of rotatable bonds is 6. The second-order valence-electron chi connectivity index (χ2n) is 5.63. The topological polar surface area (TPSA) is 70.2 Å². The third-order valence-corrected chi connectivity index (χ3v) is 5.05. The van der Waals surface area contributed by atoms with Crippen LogP contribution < -0.4 is 4.74 Å². The Kier molecular flexibility index (Phi) is 4.94. The van der Waals surface area contributed by atoms with Crippen molar-refractivity contribution in [3.05, 3.63) is 47.4 Å². The first kappa shape index (κ1) is 17.3. The average Bonchev–Trinajstić information content (AvgIpc) is 3.18. The van der Waals surface area contributed by atoms with Crippen molar-refractivity contribution in [2.24, 2.45) is 7.05 Å². The highest BCUT2D eigenvalue weighted by atomic mass is 32.2. The Morgan fingerprint density at radius 3 is 2.76 bits per heavy atom. The van der Waals surface area contributed by atoms with Gasteiger partial charge in [-0.3, -0.25) is 4.79 Å². The van der Waals surface area contributed by atoms with E-state index in [0.717, 1.165) is 33.6 Å². The summed E-state index contributed by atoms with van der Waals surface area (Å²) >= 11 is 1.54. The molecule has 130 valence electrons. The van der Waals surface area contributed by atoms with Crippen molar-refractivity contribution >= 4 is 17.5 Å². The maximum Gasteiger partial charge on any atom is 0.191 e. The van der Waals surface area contributed by atoms with Gasteiger partial charge >= 0.3 is 0 Å². The van der Waals surface area contributed by atoms with E-state index in [1.54, 1.807) is 38.1 Å². The summed E-state index contributed by atoms with van der Waals surface area (Å²) < 4.78 is 12.7. The van der Waals surface area contributed by atoms with Crippen LogP contribution in [-0.2, 0) is 12.8 Å². The molecule has 0 saturated carbocycles. The number of aromatic nitrogens is 3. The fourth-order valence-electron chi connectivity index (χ4n) is 2.54. The van der Waals surface area contributed by atoms with E-state index in [-0.39, 0.29) is 5.78 Å². The van der Waals surface area contributed by atoms with Gasteiger partial charge in [-0.2, -0.15) is 0 Å². The SMILES string of the molecule is COc1ccc(C(C)=O)cc1CSc1nnc(-c2ccoc2C)n1C. The summed E-state index contributed by atoms with van der Waals surface area (Å²) in [5, 5.41) is 9.32. The molecular weight excluding hydrogens is 338 g/mol. The molecule has 3 aromatic rings. The molecule has 0 N–H and O–H groups in total.